The van der Waals surface area contributed by atoms with Crippen molar-refractivity contribution in [3.63, 3.8) is 0 Å². The van der Waals surface area contributed by atoms with Gasteiger partial charge in [0.15, 0.2) is 0 Å². The van der Waals surface area contributed by atoms with E-state index in [0.29, 0.717) is 19.5 Å². The van der Waals surface area contributed by atoms with E-state index in [0.717, 1.165) is 6.54 Å². The molecule has 1 fully saturated rings. The third-order valence-electron chi connectivity index (χ3n) is 3.39. The summed E-state index contributed by atoms with van der Waals surface area (Å²) in [7, 11) is 0. The molecule has 0 unspecified atom stereocenters. The highest BCUT2D eigenvalue weighted by atomic mass is 19.1. The molecule has 0 spiro atoms. The summed E-state index contributed by atoms with van der Waals surface area (Å²) in [5.74, 6) is -0.202. The zero-order valence-electron chi connectivity index (χ0n) is 11.9. The number of alkyl halides is 1. The SMILES string of the molecule is CC(C)(C)N1CCN(C(=O)/C=C/CF)[C@H](CC#N)C1. The van der Waals surface area contributed by atoms with Gasteiger partial charge in [0.2, 0.25) is 5.91 Å². The van der Waals surface area contributed by atoms with Crippen LogP contribution >= 0.6 is 0 Å². The standard InChI is InChI=1S/C14H22FN3O/c1-14(2,3)17-9-10-18(12(11-17)6-8-16)13(19)5-4-7-15/h4-5,12H,6-7,9-11H2,1-3H3/b5-4+/t12-/m1/s1. The molecule has 5 heteroatoms. The number of carbonyl (C=O) groups excluding carboxylic acids is 1. The average molecular weight is 267 g/mol. The van der Waals surface area contributed by atoms with Crippen molar-refractivity contribution in [1.82, 2.24) is 9.80 Å². The molecule has 1 aliphatic heterocycles. The number of rotatable bonds is 3. The monoisotopic (exact) mass is 267 g/mol. The van der Waals surface area contributed by atoms with Gasteiger partial charge in [0.25, 0.3) is 0 Å². The van der Waals surface area contributed by atoms with E-state index in [4.69, 9.17) is 5.26 Å². The normalized spacial score (nSPS) is 21.6. The molecule has 0 N–H and O–H groups in total. The fourth-order valence-electron chi connectivity index (χ4n) is 2.28. The fourth-order valence-corrected chi connectivity index (χ4v) is 2.28. The summed E-state index contributed by atoms with van der Waals surface area (Å²) in [5.41, 5.74) is 0.0254. The third kappa shape index (κ3) is 4.32. The Labute approximate surface area is 114 Å². The Morgan fingerprint density at radius 1 is 1.47 bits per heavy atom. The minimum atomic E-state index is -0.642. The Kier molecular flexibility index (Phi) is 5.49. The van der Waals surface area contributed by atoms with Crippen molar-refractivity contribution in [3.05, 3.63) is 12.2 Å². The lowest BCUT2D eigenvalue weighted by Gasteiger charge is -2.46. The Hall–Kier alpha value is -1.41. The van der Waals surface area contributed by atoms with Crippen molar-refractivity contribution in [2.75, 3.05) is 26.3 Å². The van der Waals surface area contributed by atoms with Gasteiger partial charge < -0.3 is 4.90 Å². The summed E-state index contributed by atoms with van der Waals surface area (Å²) in [6, 6.07) is 2.02. The Morgan fingerprint density at radius 3 is 2.68 bits per heavy atom. The number of nitrogens with zero attached hydrogens (tertiary/aromatic N) is 3. The molecule has 0 bridgehead atoms. The molecule has 1 heterocycles. The summed E-state index contributed by atoms with van der Waals surface area (Å²) < 4.78 is 12.1. The highest BCUT2D eigenvalue weighted by Crippen LogP contribution is 2.21. The summed E-state index contributed by atoms with van der Waals surface area (Å²) in [6.45, 7) is 7.77. The molecule has 0 radical (unpaired) electrons. The molecule has 1 aliphatic rings. The number of hydrogen-bond acceptors (Lipinski definition) is 3. The minimum absolute atomic E-state index is 0.0254. The predicted octanol–water partition coefficient (Wildman–Crippen LogP) is 1.74. The van der Waals surface area contributed by atoms with Crippen LogP contribution in [0.3, 0.4) is 0 Å². The van der Waals surface area contributed by atoms with Crippen LogP contribution in [0, 0.1) is 11.3 Å². The second-order valence-corrected chi connectivity index (χ2v) is 5.72. The van der Waals surface area contributed by atoms with Crippen molar-refractivity contribution < 1.29 is 9.18 Å². The van der Waals surface area contributed by atoms with E-state index >= 15 is 0 Å². The van der Waals surface area contributed by atoms with Crippen molar-refractivity contribution in [1.29, 1.82) is 5.26 Å². The van der Waals surface area contributed by atoms with Crippen LogP contribution in [-0.4, -0.2) is 53.6 Å². The fraction of sp³-hybridized carbons (Fsp3) is 0.714. The molecule has 1 atom stereocenters. The first-order valence-corrected chi connectivity index (χ1v) is 6.55. The van der Waals surface area contributed by atoms with Crippen LogP contribution in [0.2, 0.25) is 0 Å². The summed E-state index contributed by atoms with van der Waals surface area (Å²) >= 11 is 0. The molecule has 0 aromatic rings. The first-order chi connectivity index (χ1) is 8.90. The second kappa shape index (κ2) is 6.67. The van der Waals surface area contributed by atoms with E-state index in [1.165, 1.54) is 12.2 Å². The first kappa shape index (κ1) is 15.6. The molecule has 4 nitrogen and oxygen atoms in total. The molecular formula is C14H22FN3O. The molecular weight excluding hydrogens is 245 g/mol. The number of nitriles is 1. The summed E-state index contributed by atoms with van der Waals surface area (Å²) in [6.07, 6.45) is 2.78. The van der Waals surface area contributed by atoms with Gasteiger partial charge in [0.1, 0.15) is 6.67 Å². The van der Waals surface area contributed by atoms with E-state index < -0.39 is 6.67 Å². The maximum Gasteiger partial charge on any atom is 0.246 e. The lowest BCUT2D eigenvalue weighted by Crippen LogP contribution is -2.59. The lowest BCUT2D eigenvalue weighted by molar-refractivity contribution is -0.131. The zero-order valence-corrected chi connectivity index (χ0v) is 11.9. The Morgan fingerprint density at radius 2 is 2.16 bits per heavy atom. The molecule has 106 valence electrons. The largest absolute Gasteiger partial charge is 0.333 e. The van der Waals surface area contributed by atoms with Gasteiger partial charge in [-0.25, -0.2) is 4.39 Å². The van der Waals surface area contributed by atoms with E-state index in [1.807, 2.05) is 0 Å². The van der Waals surface area contributed by atoms with Crippen LogP contribution in [-0.2, 0) is 4.79 Å². The van der Waals surface area contributed by atoms with Gasteiger partial charge in [-0.05, 0) is 26.8 Å². The lowest BCUT2D eigenvalue weighted by atomic mass is 10.0. The van der Waals surface area contributed by atoms with Gasteiger partial charge in [-0.1, -0.05) is 0 Å². The summed E-state index contributed by atoms with van der Waals surface area (Å²) in [4.78, 5) is 15.9. The highest BCUT2D eigenvalue weighted by Gasteiger charge is 2.33. The number of amides is 1. The molecule has 1 saturated heterocycles. The van der Waals surface area contributed by atoms with E-state index in [9.17, 15) is 9.18 Å². The molecule has 0 aromatic carbocycles. The number of carbonyl (C=O) groups is 1. The Bertz CT molecular complexity index is 381. The van der Waals surface area contributed by atoms with Gasteiger partial charge in [0.05, 0.1) is 18.5 Å². The van der Waals surface area contributed by atoms with Gasteiger partial charge in [-0.3, -0.25) is 9.69 Å². The van der Waals surface area contributed by atoms with Gasteiger partial charge in [-0.2, -0.15) is 5.26 Å². The number of piperazine rings is 1. The third-order valence-corrected chi connectivity index (χ3v) is 3.39. The maximum absolute atomic E-state index is 12.1. The van der Waals surface area contributed by atoms with Crippen LogP contribution in [0.1, 0.15) is 27.2 Å². The number of allylic oxidation sites excluding steroid dienone is 1. The Balaban J connectivity index is 2.77. The van der Waals surface area contributed by atoms with Crippen molar-refractivity contribution >= 4 is 5.91 Å². The second-order valence-electron chi connectivity index (χ2n) is 5.72. The molecule has 19 heavy (non-hydrogen) atoms. The van der Waals surface area contributed by atoms with E-state index in [2.05, 4.69) is 31.7 Å². The van der Waals surface area contributed by atoms with Crippen molar-refractivity contribution in [3.8, 4) is 6.07 Å². The van der Waals surface area contributed by atoms with E-state index in [-0.39, 0.29) is 17.5 Å². The number of halogens is 1. The van der Waals surface area contributed by atoms with Crippen molar-refractivity contribution in [2.45, 2.75) is 38.8 Å². The molecule has 0 aromatic heterocycles. The minimum Gasteiger partial charge on any atom is -0.333 e. The van der Waals surface area contributed by atoms with Gasteiger partial charge >= 0.3 is 0 Å². The van der Waals surface area contributed by atoms with Crippen LogP contribution in [0.15, 0.2) is 12.2 Å². The van der Waals surface area contributed by atoms with Crippen LogP contribution in [0.5, 0.6) is 0 Å². The number of hydrogen-bond donors (Lipinski definition) is 0. The van der Waals surface area contributed by atoms with Crippen LogP contribution in [0.25, 0.3) is 0 Å². The van der Waals surface area contributed by atoms with Crippen LogP contribution in [0.4, 0.5) is 4.39 Å². The van der Waals surface area contributed by atoms with Crippen molar-refractivity contribution in [2.24, 2.45) is 0 Å². The smallest absolute Gasteiger partial charge is 0.246 e. The molecule has 0 aliphatic carbocycles. The molecule has 0 saturated carbocycles. The first-order valence-electron chi connectivity index (χ1n) is 6.55. The van der Waals surface area contributed by atoms with Gasteiger partial charge in [0, 0.05) is 31.2 Å². The van der Waals surface area contributed by atoms with E-state index in [1.54, 1.807) is 4.90 Å². The highest BCUT2D eigenvalue weighted by molar-refractivity contribution is 5.88. The average Bonchev–Trinajstić information content (AvgIpc) is 2.35. The predicted molar refractivity (Wildman–Crippen MR) is 72.2 cm³/mol. The topological polar surface area (TPSA) is 47.3 Å². The maximum atomic E-state index is 12.1. The molecule has 1 rings (SSSR count). The van der Waals surface area contributed by atoms with Gasteiger partial charge in [-0.15, -0.1) is 0 Å². The molecule has 1 amide bonds. The quantitative estimate of drug-likeness (QED) is 0.732. The van der Waals surface area contributed by atoms with Crippen LogP contribution < -0.4 is 0 Å². The summed E-state index contributed by atoms with van der Waals surface area (Å²) in [5, 5.41) is 8.90. The zero-order chi connectivity index (χ0) is 14.5.